The Bertz CT molecular complexity index is 1090. The second kappa shape index (κ2) is 9.20. The summed E-state index contributed by atoms with van der Waals surface area (Å²) in [4.78, 5) is 30.9. The zero-order valence-corrected chi connectivity index (χ0v) is 20.1. The highest BCUT2D eigenvalue weighted by Gasteiger charge is 2.48. The summed E-state index contributed by atoms with van der Waals surface area (Å²) < 4.78 is 10.7. The summed E-state index contributed by atoms with van der Waals surface area (Å²) in [5, 5.41) is 3.16. The van der Waals surface area contributed by atoms with Gasteiger partial charge in [0.25, 0.3) is 0 Å². The summed E-state index contributed by atoms with van der Waals surface area (Å²) in [5.41, 5.74) is 3.50. The third-order valence-electron chi connectivity index (χ3n) is 7.76. The molecule has 7 heteroatoms. The van der Waals surface area contributed by atoms with Crippen molar-refractivity contribution in [3.05, 3.63) is 59.2 Å². The molecule has 2 aromatic carbocycles. The number of urea groups is 1. The van der Waals surface area contributed by atoms with E-state index in [4.69, 9.17) is 9.47 Å². The van der Waals surface area contributed by atoms with Crippen molar-refractivity contribution in [3.8, 4) is 11.5 Å². The lowest BCUT2D eigenvalue weighted by atomic mass is 9.76. The number of likely N-dealkylation sites (tertiary alicyclic amines) is 1. The lowest BCUT2D eigenvalue weighted by Crippen LogP contribution is -2.61. The smallest absolute Gasteiger partial charge is 0.318 e. The van der Waals surface area contributed by atoms with E-state index < -0.39 is 0 Å². The molecular weight excluding hydrogens is 430 g/mol. The number of amides is 3. The van der Waals surface area contributed by atoms with Crippen molar-refractivity contribution in [1.82, 2.24) is 15.1 Å². The van der Waals surface area contributed by atoms with Gasteiger partial charge in [-0.15, -0.1) is 0 Å². The van der Waals surface area contributed by atoms with E-state index >= 15 is 0 Å². The van der Waals surface area contributed by atoms with Crippen molar-refractivity contribution >= 4 is 11.9 Å². The highest BCUT2D eigenvalue weighted by molar-refractivity contribution is 5.83. The summed E-state index contributed by atoms with van der Waals surface area (Å²) >= 11 is 0. The molecule has 2 fully saturated rings. The van der Waals surface area contributed by atoms with Crippen LogP contribution in [-0.4, -0.2) is 55.1 Å². The lowest BCUT2D eigenvalue weighted by molar-refractivity contribution is -0.148. The van der Waals surface area contributed by atoms with E-state index in [1.807, 2.05) is 30.0 Å². The van der Waals surface area contributed by atoms with Crippen LogP contribution in [0.15, 0.2) is 42.5 Å². The minimum Gasteiger partial charge on any atom is -0.493 e. The monoisotopic (exact) mass is 463 g/mol. The molecule has 180 valence electrons. The number of hydrogen-bond donors (Lipinski definition) is 1. The Balaban J connectivity index is 1.35. The van der Waals surface area contributed by atoms with Crippen LogP contribution in [0.25, 0.3) is 0 Å². The number of carbonyl (C=O) groups is 2. The molecule has 0 radical (unpaired) electrons. The predicted molar refractivity (Wildman–Crippen MR) is 129 cm³/mol. The van der Waals surface area contributed by atoms with Crippen LogP contribution in [0, 0.1) is 5.92 Å². The van der Waals surface area contributed by atoms with Crippen LogP contribution in [0.5, 0.6) is 11.5 Å². The Labute approximate surface area is 201 Å². The summed E-state index contributed by atoms with van der Waals surface area (Å²) in [5.74, 6) is 1.38. The molecule has 0 aromatic heterocycles. The van der Waals surface area contributed by atoms with Crippen LogP contribution in [0.2, 0.25) is 0 Å². The molecule has 0 saturated carbocycles. The highest BCUT2D eigenvalue weighted by Crippen LogP contribution is 2.43. The quantitative estimate of drug-likeness (QED) is 0.742. The molecule has 4 atom stereocenters. The van der Waals surface area contributed by atoms with Gasteiger partial charge in [0.05, 0.1) is 32.2 Å². The van der Waals surface area contributed by atoms with E-state index in [1.165, 1.54) is 11.1 Å². The standard InChI is InChI=1S/C27H33N3O4/c1-17(19-10-11-24(33-2)25(15-19)34-3)28-27(32)30-13-6-9-21-23(30)16-22-20-8-5-4-7-18(20)12-14-29(22)26(21)31/h4-5,7-8,10-11,15,17,21-23H,6,9,12-14,16H2,1-3H3,(H,28,32)/t17-,21+,22-,23+/m1/s1. The third-order valence-corrected chi connectivity index (χ3v) is 7.76. The Morgan fingerprint density at radius 2 is 1.88 bits per heavy atom. The molecule has 3 amide bonds. The Kier molecular flexibility index (Phi) is 6.11. The van der Waals surface area contributed by atoms with Gasteiger partial charge in [-0.25, -0.2) is 4.79 Å². The maximum atomic E-state index is 13.5. The first-order chi connectivity index (χ1) is 16.5. The second-order valence-electron chi connectivity index (χ2n) is 9.53. The molecular formula is C27H33N3O4. The van der Waals surface area contributed by atoms with Crippen molar-refractivity contribution in [2.45, 2.75) is 50.7 Å². The largest absolute Gasteiger partial charge is 0.493 e. The molecule has 7 nitrogen and oxygen atoms in total. The van der Waals surface area contributed by atoms with Gasteiger partial charge in [0.1, 0.15) is 0 Å². The zero-order valence-electron chi connectivity index (χ0n) is 20.1. The second-order valence-corrected chi connectivity index (χ2v) is 9.53. The summed E-state index contributed by atoms with van der Waals surface area (Å²) in [6, 6.07) is 13.8. The number of benzene rings is 2. The van der Waals surface area contributed by atoms with Gasteiger partial charge in [-0.05, 0) is 61.4 Å². The maximum Gasteiger partial charge on any atom is 0.318 e. The summed E-state index contributed by atoms with van der Waals surface area (Å²) in [7, 11) is 3.21. The van der Waals surface area contributed by atoms with Gasteiger partial charge >= 0.3 is 6.03 Å². The summed E-state index contributed by atoms with van der Waals surface area (Å²) in [6.45, 7) is 3.41. The van der Waals surface area contributed by atoms with E-state index in [0.717, 1.165) is 37.8 Å². The predicted octanol–water partition coefficient (Wildman–Crippen LogP) is 4.08. The number of rotatable bonds is 4. The fourth-order valence-electron chi connectivity index (χ4n) is 5.97. The molecule has 0 aliphatic carbocycles. The fraction of sp³-hybridized carbons (Fsp3) is 0.481. The fourth-order valence-corrected chi connectivity index (χ4v) is 5.97. The average Bonchev–Trinajstić information content (AvgIpc) is 2.87. The number of nitrogens with zero attached hydrogens (tertiary/aromatic N) is 2. The van der Waals surface area contributed by atoms with Gasteiger partial charge < -0.3 is 24.6 Å². The van der Waals surface area contributed by atoms with Crippen molar-refractivity contribution in [3.63, 3.8) is 0 Å². The SMILES string of the molecule is COc1ccc([C@@H](C)NC(=O)N2CCC[C@@H]3C(=O)N4CCc5ccccc5[C@H]4C[C@@H]32)cc1OC. The van der Waals surface area contributed by atoms with Crippen LogP contribution in [0.1, 0.15) is 55.0 Å². The molecule has 3 aliphatic rings. The Morgan fingerprint density at radius 3 is 2.68 bits per heavy atom. The molecule has 5 rings (SSSR count). The number of nitrogens with one attached hydrogen (secondary N) is 1. The Morgan fingerprint density at radius 1 is 1.09 bits per heavy atom. The van der Waals surface area contributed by atoms with Crippen LogP contribution in [0.4, 0.5) is 4.79 Å². The molecule has 34 heavy (non-hydrogen) atoms. The van der Waals surface area contributed by atoms with E-state index in [-0.39, 0.29) is 36.0 Å². The zero-order chi connectivity index (χ0) is 23.8. The Hall–Kier alpha value is -3.22. The van der Waals surface area contributed by atoms with Gasteiger partial charge in [-0.3, -0.25) is 4.79 Å². The minimum absolute atomic E-state index is 0.0513. The van der Waals surface area contributed by atoms with Crippen molar-refractivity contribution in [2.75, 3.05) is 27.3 Å². The summed E-state index contributed by atoms with van der Waals surface area (Å²) in [6.07, 6.45) is 3.40. The first-order valence-corrected chi connectivity index (χ1v) is 12.2. The van der Waals surface area contributed by atoms with Crippen molar-refractivity contribution < 1.29 is 19.1 Å². The molecule has 2 aromatic rings. The molecule has 0 spiro atoms. The maximum absolute atomic E-state index is 13.5. The van der Waals surface area contributed by atoms with Crippen LogP contribution >= 0.6 is 0 Å². The van der Waals surface area contributed by atoms with Gasteiger partial charge in [-0.2, -0.15) is 0 Å². The van der Waals surface area contributed by atoms with Gasteiger partial charge in [0.2, 0.25) is 5.91 Å². The van der Waals surface area contributed by atoms with Crippen molar-refractivity contribution in [1.29, 1.82) is 0 Å². The van der Waals surface area contributed by atoms with Crippen molar-refractivity contribution in [2.24, 2.45) is 5.92 Å². The third kappa shape index (κ3) is 3.87. The number of ether oxygens (including phenoxy) is 2. The minimum atomic E-state index is -0.209. The number of carbonyl (C=O) groups excluding carboxylic acids is 2. The molecule has 3 aliphatic heterocycles. The average molecular weight is 464 g/mol. The molecule has 0 unspecified atom stereocenters. The molecule has 3 heterocycles. The first kappa shape index (κ1) is 22.6. The van der Waals surface area contributed by atoms with E-state index in [9.17, 15) is 9.59 Å². The van der Waals surface area contributed by atoms with Crippen LogP contribution in [-0.2, 0) is 11.2 Å². The lowest BCUT2D eigenvalue weighted by Gasteiger charge is -2.51. The van der Waals surface area contributed by atoms with Crippen LogP contribution < -0.4 is 14.8 Å². The normalized spacial score (nSPS) is 24.4. The molecule has 1 N–H and O–H groups in total. The van der Waals surface area contributed by atoms with E-state index in [0.29, 0.717) is 18.0 Å². The van der Waals surface area contributed by atoms with Gasteiger partial charge in [0.15, 0.2) is 11.5 Å². The number of methoxy groups -OCH3 is 2. The molecule has 2 saturated heterocycles. The number of piperidine rings is 2. The van der Waals surface area contributed by atoms with Gasteiger partial charge in [-0.1, -0.05) is 30.3 Å². The topological polar surface area (TPSA) is 71.1 Å². The highest BCUT2D eigenvalue weighted by atomic mass is 16.5. The van der Waals surface area contributed by atoms with E-state index in [2.05, 4.69) is 34.5 Å². The van der Waals surface area contributed by atoms with Crippen LogP contribution in [0.3, 0.4) is 0 Å². The number of fused-ring (bicyclic) bond motifs is 4. The first-order valence-electron chi connectivity index (χ1n) is 12.2. The number of hydrogen-bond acceptors (Lipinski definition) is 4. The van der Waals surface area contributed by atoms with Gasteiger partial charge in [0, 0.05) is 19.1 Å². The van der Waals surface area contributed by atoms with E-state index in [1.54, 1.807) is 14.2 Å². The molecule has 0 bridgehead atoms.